The number of nitrogens with zero attached hydrogens (tertiary/aromatic N) is 2. The molecule has 0 amide bonds. The van der Waals surface area contributed by atoms with Crippen molar-refractivity contribution in [3.8, 4) is 17.0 Å². The van der Waals surface area contributed by atoms with Crippen molar-refractivity contribution in [2.75, 3.05) is 0 Å². The van der Waals surface area contributed by atoms with Crippen LogP contribution in [0.1, 0.15) is 34.7 Å². The lowest BCUT2D eigenvalue weighted by atomic mass is 9.52. The molecule has 0 saturated heterocycles. The Bertz CT molecular complexity index is 676. The molecule has 1 heterocycles. The largest absolute Gasteiger partial charge is 0.507 e. The molecule has 2 rings (SSSR count). The Hall–Kier alpha value is -1.64. The first-order valence-electron chi connectivity index (χ1n) is 7.27. The molecule has 0 bridgehead atoms. The van der Waals surface area contributed by atoms with E-state index in [-0.39, 0.29) is 0 Å². The molecule has 1 N–H and O–H groups in total. The van der Waals surface area contributed by atoms with E-state index in [1.54, 1.807) is 0 Å². The van der Waals surface area contributed by atoms with Gasteiger partial charge >= 0.3 is 0 Å². The molecule has 21 heavy (non-hydrogen) atoms. The molecule has 0 fully saturated rings. The summed E-state index contributed by atoms with van der Waals surface area (Å²) in [5, 5.41) is 15.2. The first-order valence-corrected chi connectivity index (χ1v) is 7.27. The van der Waals surface area contributed by atoms with E-state index in [9.17, 15) is 5.11 Å². The van der Waals surface area contributed by atoms with Gasteiger partial charge in [0.05, 0.1) is 5.69 Å². The molecule has 3 nitrogen and oxygen atoms in total. The van der Waals surface area contributed by atoms with Crippen LogP contribution in [0.15, 0.2) is 0 Å². The number of hydrogen-bond acceptors (Lipinski definition) is 2. The molecule has 0 atom stereocenters. The van der Waals surface area contributed by atoms with Crippen molar-refractivity contribution in [1.82, 2.24) is 9.78 Å². The molecule has 2 aromatic rings. The second-order valence-corrected chi connectivity index (χ2v) is 5.56. The molecule has 0 unspecified atom stereocenters. The van der Waals surface area contributed by atoms with Crippen molar-refractivity contribution >= 4 is 20.5 Å². The molecule has 0 aliphatic rings. The van der Waals surface area contributed by atoms with E-state index >= 15 is 0 Å². The van der Waals surface area contributed by atoms with Crippen molar-refractivity contribution in [1.29, 1.82) is 0 Å². The standard InChI is InChI=1S/C16H21B2N2O/c1-7-20-14(12(6)16(18-17)19-20)13-10(4)8(2)9(3)11(5)15(13)21/h21H,7H2,1-6H3. The maximum Gasteiger partial charge on any atom is 0.128 e. The normalized spacial score (nSPS) is 11.0. The molecule has 1 aromatic heterocycles. The lowest BCUT2D eigenvalue weighted by Gasteiger charge is -2.18. The van der Waals surface area contributed by atoms with Gasteiger partial charge in [-0.05, 0) is 69.4 Å². The summed E-state index contributed by atoms with van der Waals surface area (Å²) in [6.07, 6.45) is 0. The number of hydrogen-bond donors (Lipinski definition) is 1. The van der Waals surface area contributed by atoms with Crippen LogP contribution in [0.5, 0.6) is 5.75 Å². The summed E-state index contributed by atoms with van der Waals surface area (Å²) in [5.74, 6) is 0.344. The fourth-order valence-electron chi connectivity index (χ4n) is 2.86. The minimum atomic E-state index is 0.344. The summed E-state index contributed by atoms with van der Waals surface area (Å²) < 4.78 is 1.91. The number of aromatic nitrogens is 2. The van der Waals surface area contributed by atoms with Gasteiger partial charge in [0.25, 0.3) is 0 Å². The molecular formula is C16H21B2N2O. The Morgan fingerprint density at radius 2 is 1.57 bits per heavy atom. The van der Waals surface area contributed by atoms with Gasteiger partial charge in [-0.15, -0.1) is 0 Å². The number of rotatable bonds is 3. The van der Waals surface area contributed by atoms with Gasteiger partial charge in [0.1, 0.15) is 12.9 Å². The Morgan fingerprint density at radius 3 is 2.10 bits per heavy atom. The summed E-state index contributed by atoms with van der Waals surface area (Å²) in [7, 11) is 7.18. The summed E-state index contributed by atoms with van der Waals surface area (Å²) in [6.45, 7) is 12.9. The van der Waals surface area contributed by atoms with Gasteiger partial charge < -0.3 is 5.11 Å². The van der Waals surface area contributed by atoms with Crippen LogP contribution in [0.2, 0.25) is 0 Å². The van der Waals surface area contributed by atoms with Gasteiger partial charge in [0, 0.05) is 25.4 Å². The van der Waals surface area contributed by atoms with Crippen LogP contribution < -0.4 is 5.59 Å². The average Bonchev–Trinajstić information content (AvgIpc) is 2.80. The summed E-state index contributed by atoms with van der Waals surface area (Å²) >= 11 is 0. The van der Waals surface area contributed by atoms with Crippen LogP contribution in [0, 0.1) is 34.6 Å². The first-order chi connectivity index (χ1) is 9.84. The van der Waals surface area contributed by atoms with Crippen molar-refractivity contribution < 1.29 is 5.11 Å². The van der Waals surface area contributed by atoms with Crippen molar-refractivity contribution in [3.63, 3.8) is 0 Å². The Balaban J connectivity index is 2.88. The van der Waals surface area contributed by atoms with Gasteiger partial charge in [-0.2, -0.15) is 5.10 Å². The van der Waals surface area contributed by atoms with Crippen LogP contribution in [0.4, 0.5) is 0 Å². The van der Waals surface area contributed by atoms with Crippen LogP contribution >= 0.6 is 0 Å². The molecule has 0 saturated carbocycles. The second kappa shape index (κ2) is 5.63. The predicted octanol–water partition coefficient (Wildman–Crippen LogP) is 2.23. The van der Waals surface area contributed by atoms with Gasteiger partial charge in [-0.3, -0.25) is 4.68 Å². The fraction of sp³-hybridized carbons (Fsp3) is 0.438. The van der Waals surface area contributed by atoms with Gasteiger partial charge in [0.2, 0.25) is 0 Å². The summed E-state index contributed by atoms with van der Waals surface area (Å²) in [6, 6.07) is 0. The van der Waals surface area contributed by atoms with Crippen LogP contribution in [-0.2, 0) is 6.54 Å². The zero-order valence-electron chi connectivity index (χ0n) is 13.7. The molecule has 3 radical (unpaired) electrons. The van der Waals surface area contributed by atoms with E-state index in [1.165, 1.54) is 12.7 Å². The summed E-state index contributed by atoms with van der Waals surface area (Å²) in [4.78, 5) is 0. The zero-order valence-corrected chi connectivity index (χ0v) is 13.7. The summed E-state index contributed by atoms with van der Waals surface area (Å²) in [5.41, 5.74) is 7.96. The number of aromatic hydroxyl groups is 1. The maximum absolute atomic E-state index is 10.7. The quantitative estimate of drug-likeness (QED) is 0.875. The van der Waals surface area contributed by atoms with Crippen molar-refractivity contribution in [2.24, 2.45) is 0 Å². The highest BCUT2D eigenvalue weighted by molar-refractivity contribution is 6.97. The van der Waals surface area contributed by atoms with Crippen molar-refractivity contribution in [2.45, 2.75) is 48.1 Å². The van der Waals surface area contributed by atoms with Gasteiger partial charge in [-0.1, -0.05) is 0 Å². The average molecular weight is 279 g/mol. The molecule has 1 aromatic carbocycles. The van der Waals surface area contributed by atoms with Gasteiger partial charge in [0.15, 0.2) is 0 Å². The number of phenols is 1. The lowest BCUT2D eigenvalue weighted by Crippen LogP contribution is -2.19. The lowest BCUT2D eigenvalue weighted by molar-refractivity contribution is 0.471. The highest BCUT2D eigenvalue weighted by atomic mass is 16.3. The smallest absolute Gasteiger partial charge is 0.128 e. The number of benzene rings is 1. The third-order valence-corrected chi connectivity index (χ3v) is 4.57. The third kappa shape index (κ3) is 2.29. The third-order valence-electron chi connectivity index (χ3n) is 4.57. The minimum Gasteiger partial charge on any atom is -0.507 e. The van der Waals surface area contributed by atoms with Crippen LogP contribution in [0.3, 0.4) is 0 Å². The number of phenolic OH excluding ortho intramolecular Hbond substituents is 1. The maximum atomic E-state index is 10.7. The second-order valence-electron chi connectivity index (χ2n) is 5.56. The molecule has 5 heteroatoms. The van der Waals surface area contributed by atoms with E-state index in [0.717, 1.165) is 45.6 Å². The molecule has 0 aliphatic heterocycles. The van der Waals surface area contributed by atoms with Crippen LogP contribution in [0.25, 0.3) is 11.3 Å². The van der Waals surface area contributed by atoms with E-state index in [0.29, 0.717) is 5.75 Å². The SMILES string of the molecule is [B][B]c1nn(CC)c(-c2c(C)c(C)c(C)c(C)c2O)c1C. The zero-order chi connectivity index (χ0) is 15.9. The fourth-order valence-corrected chi connectivity index (χ4v) is 2.86. The van der Waals surface area contributed by atoms with Gasteiger partial charge in [-0.25, -0.2) is 0 Å². The van der Waals surface area contributed by atoms with E-state index in [4.69, 9.17) is 7.74 Å². The monoisotopic (exact) mass is 279 g/mol. The Kier molecular flexibility index (Phi) is 4.22. The first kappa shape index (κ1) is 15.7. The highest BCUT2D eigenvalue weighted by Crippen LogP contribution is 2.40. The Morgan fingerprint density at radius 1 is 1.00 bits per heavy atom. The van der Waals surface area contributed by atoms with Crippen LogP contribution in [-0.4, -0.2) is 29.8 Å². The predicted molar refractivity (Wildman–Crippen MR) is 89.8 cm³/mol. The molecule has 0 aliphatic carbocycles. The topological polar surface area (TPSA) is 38.0 Å². The van der Waals surface area contributed by atoms with E-state index in [2.05, 4.69) is 18.9 Å². The number of aryl methyl sites for hydroxylation is 1. The molecule has 0 spiro atoms. The highest BCUT2D eigenvalue weighted by Gasteiger charge is 2.22. The van der Waals surface area contributed by atoms with E-state index < -0.39 is 0 Å². The van der Waals surface area contributed by atoms with E-state index in [1.807, 2.05) is 32.4 Å². The molecule has 107 valence electrons. The minimum absolute atomic E-state index is 0.344. The Labute approximate surface area is 129 Å². The van der Waals surface area contributed by atoms with Crippen molar-refractivity contribution in [3.05, 3.63) is 27.8 Å². The molecular weight excluding hydrogens is 258 g/mol.